The first-order valence-corrected chi connectivity index (χ1v) is 6.91. The quantitative estimate of drug-likeness (QED) is 0.834. The van der Waals surface area contributed by atoms with Gasteiger partial charge in [0.15, 0.2) is 0 Å². The summed E-state index contributed by atoms with van der Waals surface area (Å²) in [7, 11) is -3.64. The maximum atomic E-state index is 12.2. The molecule has 0 aliphatic carbocycles. The van der Waals surface area contributed by atoms with Crippen LogP contribution in [0.1, 0.15) is 5.56 Å². The topological polar surface area (TPSA) is 72.2 Å². The normalized spacial score (nSPS) is 11.2. The number of anilines is 2. The SMILES string of the molecule is Cc1ccc(N)c(S(=O)(=O)Nc2ccccc2)c1. The molecular formula is C13H14N2O2S. The Balaban J connectivity index is 2.40. The molecule has 0 spiro atoms. The minimum atomic E-state index is -3.64. The molecule has 0 heterocycles. The van der Waals surface area contributed by atoms with Gasteiger partial charge < -0.3 is 5.73 Å². The molecule has 0 atom stereocenters. The first-order chi connectivity index (χ1) is 8.49. The van der Waals surface area contributed by atoms with E-state index in [1.165, 1.54) is 0 Å². The van der Waals surface area contributed by atoms with E-state index in [-0.39, 0.29) is 10.6 Å². The van der Waals surface area contributed by atoms with E-state index in [4.69, 9.17) is 5.73 Å². The minimum Gasteiger partial charge on any atom is -0.398 e. The molecule has 0 radical (unpaired) electrons. The Kier molecular flexibility index (Phi) is 3.25. The highest BCUT2D eigenvalue weighted by molar-refractivity contribution is 7.92. The maximum Gasteiger partial charge on any atom is 0.263 e. The summed E-state index contributed by atoms with van der Waals surface area (Å²) in [5.41, 5.74) is 7.31. The van der Waals surface area contributed by atoms with Gasteiger partial charge in [0.2, 0.25) is 0 Å². The largest absolute Gasteiger partial charge is 0.398 e. The zero-order valence-electron chi connectivity index (χ0n) is 9.92. The van der Waals surface area contributed by atoms with E-state index in [0.29, 0.717) is 5.69 Å². The van der Waals surface area contributed by atoms with Crippen LogP contribution in [0.2, 0.25) is 0 Å². The van der Waals surface area contributed by atoms with Crippen LogP contribution in [0.15, 0.2) is 53.4 Å². The number of hydrogen-bond acceptors (Lipinski definition) is 3. The van der Waals surface area contributed by atoms with Gasteiger partial charge in [0.25, 0.3) is 10.0 Å². The molecule has 4 nitrogen and oxygen atoms in total. The highest BCUT2D eigenvalue weighted by Crippen LogP contribution is 2.22. The molecule has 18 heavy (non-hydrogen) atoms. The lowest BCUT2D eigenvalue weighted by atomic mass is 10.2. The van der Waals surface area contributed by atoms with E-state index in [0.717, 1.165) is 5.56 Å². The van der Waals surface area contributed by atoms with Gasteiger partial charge in [-0.05, 0) is 36.8 Å². The van der Waals surface area contributed by atoms with Crippen molar-refractivity contribution in [2.75, 3.05) is 10.5 Å². The molecule has 2 rings (SSSR count). The Morgan fingerprint density at radius 1 is 1.06 bits per heavy atom. The van der Waals surface area contributed by atoms with E-state index >= 15 is 0 Å². The molecule has 5 heteroatoms. The van der Waals surface area contributed by atoms with Crippen molar-refractivity contribution in [3.63, 3.8) is 0 Å². The predicted molar refractivity (Wildman–Crippen MR) is 72.8 cm³/mol. The molecule has 0 unspecified atom stereocenters. The number of nitrogens with one attached hydrogen (secondary N) is 1. The second kappa shape index (κ2) is 4.70. The fourth-order valence-electron chi connectivity index (χ4n) is 1.59. The highest BCUT2D eigenvalue weighted by atomic mass is 32.2. The van der Waals surface area contributed by atoms with Gasteiger partial charge in [-0.3, -0.25) is 4.72 Å². The lowest BCUT2D eigenvalue weighted by molar-refractivity contribution is 0.601. The van der Waals surface area contributed by atoms with Crippen LogP contribution >= 0.6 is 0 Å². The van der Waals surface area contributed by atoms with Gasteiger partial charge >= 0.3 is 0 Å². The Hall–Kier alpha value is -2.01. The molecule has 0 saturated carbocycles. The molecule has 0 fully saturated rings. The summed E-state index contributed by atoms with van der Waals surface area (Å²) in [6.07, 6.45) is 0. The van der Waals surface area contributed by atoms with Crippen LogP contribution in [0, 0.1) is 6.92 Å². The van der Waals surface area contributed by atoms with Crippen LogP contribution < -0.4 is 10.5 Å². The van der Waals surface area contributed by atoms with E-state index in [1.807, 2.05) is 13.0 Å². The second-order valence-corrected chi connectivity index (χ2v) is 5.66. The number of nitrogen functional groups attached to an aromatic ring is 1. The Morgan fingerprint density at radius 2 is 1.72 bits per heavy atom. The number of benzene rings is 2. The van der Waals surface area contributed by atoms with Crippen molar-refractivity contribution < 1.29 is 8.42 Å². The molecule has 94 valence electrons. The molecule has 0 aliphatic heterocycles. The van der Waals surface area contributed by atoms with Crippen molar-refractivity contribution in [2.45, 2.75) is 11.8 Å². The van der Waals surface area contributed by atoms with Gasteiger partial charge in [-0.2, -0.15) is 0 Å². The van der Waals surface area contributed by atoms with Crippen molar-refractivity contribution in [1.82, 2.24) is 0 Å². The number of nitrogens with two attached hydrogens (primary N) is 1. The van der Waals surface area contributed by atoms with Crippen LogP contribution in [0.5, 0.6) is 0 Å². The minimum absolute atomic E-state index is 0.103. The summed E-state index contributed by atoms with van der Waals surface area (Å²) in [4.78, 5) is 0.103. The van der Waals surface area contributed by atoms with E-state index in [2.05, 4.69) is 4.72 Å². The van der Waals surface area contributed by atoms with Gasteiger partial charge in [0.05, 0.1) is 5.69 Å². The highest BCUT2D eigenvalue weighted by Gasteiger charge is 2.17. The van der Waals surface area contributed by atoms with Crippen molar-refractivity contribution in [1.29, 1.82) is 0 Å². The lowest BCUT2D eigenvalue weighted by Crippen LogP contribution is -2.14. The summed E-state index contributed by atoms with van der Waals surface area (Å²) in [6, 6.07) is 13.6. The molecule has 0 amide bonds. The molecule has 0 bridgehead atoms. The van der Waals surface area contributed by atoms with Crippen LogP contribution in [-0.4, -0.2) is 8.42 Å². The summed E-state index contributed by atoms with van der Waals surface area (Å²) >= 11 is 0. The van der Waals surface area contributed by atoms with Crippen molar-refractivity contribution in [3.8, 4) is 0 Å². The average Bonchev–Trinajstić information content (AvgIpc) is 2.33. The van der Waals surface area contributed by atoms with E-state index in [9.17, 15) is 8.42 Å². The summed E-state index contributed by atoms with van der Waals surface area (Å²) < 4.78 is 26.9. The first kappa shape index (κ1) is 12.4. The fourth-order valence-corrected chi connectivity index (χ4v) is 2.87. The van der Waals surface area contributed by atoms with Gasteiger partial charge in [-0.25, -0.2) is 8.42 Å². The second-order valence-electron chi connectivity index (χ2n) is 4.01. The third-order valence-electron chi connectivity index (χ3n) is 2.48. The van der Waals surface area contributed by atoms with Crippen molar-refractivity contribution in [2.24, 2.45) is 0 Å². The van der Waals surface area contributed by atoms with Crippen LogP contribution in [0.3, 0.4) is 0 Å². The number of para-hydroxylation sites is 1. The molecule has 0 aromatic heterocycles. The summed E-state index contributed by atoms with van der Waals surface area (Å²) in [5, 5.41) is 0. The van der Waals surface area contributed by atoms with Crippen molar-refractivity contribution >= 4 is 21.4 Å². The molecule has 3 N–H and O–H groups in total. The summed E-state index contributed by atoms with van der Waals surface area (Å²) in [5.74, 6) is 0. The third kappa shape index (κ3) is 2.62. The Labute approximate surface area is 107 Å². The zero-order chi connectivity index (χ0) is 13.2. The fraction of sp³-hybridized carbons (Fsp3) is 0.0769. The number of rotatable bonds is 3. The summed E-state index contributed by atoms with van der Waals surface area (Å²) in [6.45, 7) is 1.82. The first-order valence-electron chi connectivity index (χ1n) is 5.43. The molecule has 2 aromatic rings. The molecular weight excluding hydrogens is 248 g/mol. The third-order valence-corrected chi connectivity index (χ3v) is 3.92. The van der Waals surface area contributed by atoms with Crippen LogP contribution in [0.4, 0.5) is 11.4 Å². The maximum absolute atomic E-state index is 12.2. The van der Waals surface area contributed by atoms with Crippen molar-refractivity contribution in [3.05, 3.63) is 54.1 Å². The van der Waals surface area contributed by atoms with E-state index < -0.39 is 10.0 Å². The number of sulfonamides is 1. The monoisotopic (exact) mass is 262 g/mol. The molecule has 2 aromatic carbocycles. The predicted octanol–water partition coefficient (Wildman–Crippen LogP) is 2.38. The standard InChI is InChI=1S/C13H14N2O2S/c1-10-7-8-12(14)13(9-10)18(16,17)15-11-5-3-2-4-6-11/h2-9,15H,14H2,1H3. The number of aryl methyl sites for hydroxylation is 1. The van der Waals surface area contributed by atoms with Gasteiger partial charge in [-0.1, -0.05) is 24.3 Å². The van der Waals surface area contributed by atoms with Gasteiger partial charge in [0.1, 0.15) is 4.90 Å². The Bertz CT molecular complexity index is 652. The zero-order valence-corrected chi connectivity index (χ0v) is 10.7. The van der Waals surface area contributed by atoms with Gasteiger partial charge in [0, 0.05) is 5.69 Å². The smallest absolute Gasteiger partial charge is 0.263 e. The van der Waals surface area contributed by atoms with Gasteiger partial charge in [-0.15, -0.1) is 0 Å². The average molecular weight is 262 g/mol. The molecule has 0 aliphatic rings. The number of hydrogen-bond donors (Lipinski definition) is 2. The Morgan fingerprint density at radius 3 is 2.39 bits per heavy atom. The van der Waals surface area contributed by atoms with Crippen LogP contribution in [0.25, 0.3) is 0 Å². The molecule has 0 saturated heterocycles. The van der Waals surface area contributed by atoms with Crippen LogP contribution in [-0.2, 0) is 10.0 Å². The lowest BCUT2D eigenvalue weighted by Gasteiger charge is -2.10. The van der Waals surface area contributed by atoms with E-state index in [1.54, 1.807) is 42.5 Å².